The number of ether oxygens (including phenoxy) is 1. The van der Waals surface area contributed by atoms with Crippen molar-refractivity contribution in [3.8, 4) is 5.75 Å². The fraction of sp³-hybridized carbons (Fsp3) is 0.250. The highest BCUT2D eigenvalue weighted by atomic mass is 16.5. The molecule has 11 nitrogen and oxygen atoms in total. The van der Waals surface area contributed by atoms with Crippen molar-refractivity contribution in [3.05, 3.63) is 76.6 Å². The van der Waals surface area contributed by atoms with Gasteiger partial charge in [-0.1, -0.05) is 29.5 Å². The van der Waals surface area contributed by atoms with Gasteiger partial charge < -0.3 is 9.84 Å². The average molecular weight is 475 g/mol. The molecule has 2 aliphatic heterocycles. The minimum atomic E-state index is -1.15. The molecule has 2 N–H and O–H groups in total. The van der Waals surface area contributed by atoms with Gasteiger partial charge in [0.05, 0.1) is 24.3 Å². The first-order valence-corrected chi connectivity index (χ1v) is 11.0. The predicted molar refractivity (Wildman–Crippen MR) is 119 cm³/mol. The topological polar surface area (TPSA) is 144 Å². The van der Waals surface area contributed by atoms with Crippen LogP contribution >= 0.6 is 0 Å². The van der Waals surface area contributed by atoms with E-state index in [4.69, 9.17) is 9.84 Å². The summed E-state index contributed by atoms with van der Waals surface area (Å²) >= 11 is 0. The summed E-state index contributed by atoms with van der Waals surface area (Å²) in [5, 5.41) is 18.7. The number of hydrogen-bond acceptors (Lipinski definition) is 8. The van der Waals surface area contributed by atoms with Crippen LogP contribution in [0.15, 0.2) is 48.7 Å². The zero-order chi connectivity index (χ0) is 24.5. The number of esters is 1. The molecule has 1 aromatic heterocycles. The van der Waals surface area contributed by atoms with Crippen molar-refractivity contribution in [3.63, 3.8) is 0 Å². The van der Waals surface area contributed by atoms with Gasteiger partial charge in [0.1, 0.15) is 5.75 Å². The van der Waals surface area contributed by atoms with Crippen molar-refractivity contribution in [2.24, 2.45) is 0 Å². The van der Waals surface area contributed by atoms with E-state index >= 15 is 0 Å². The van der Waals surface area contributed by atoms with E-state index in [1.54, 1.807) is 30.3 Å². The maximum absolute atomic E-state index is 12.8. The second-order valence-corrected chi connectivity index (χ2v) is 8.46. The van der Waals surface area contributed by atoms with Crippen LogP contribution in [0, 0.1) is 0 Å². The standard InChI is InChI=1S/C24H21N5O6/c30-21-9-8-19(22(31)25-21)28-11-16-2-1-3-20(17(16)12-28)35-24(34)15-6-4-14(5-7-15)10-29-13-18(23(32)33)26-27-29/h1-7,13,19H,8-12H2,(H,32,33)(H,25,30,31). The van der Waals surface area contributed by atoms with Crippen molar-refractivity contribution in [2.45, 2.75) is 38.5 Å². The molecule has 1 saturated heterocycles. The molecule has 1 unspecified atom stereocenters. The van der Waals surface area contributed by atoms with E-state index in [2.05, 4.69) is 15.6 Å². The summed E-state index contributed by atoms with van der Waals surface area (Å²) in [7, 11) is 0. The number of aromatic nitrogens is 3. The molecular formula is C24H21N5O6. The number of imide groups is 1. The van der Waals surface area contributed by atoms with Crippen LogP contribution < -0.4 is 10.1 Å². The van der Waals surface area contributed by atoms with Gasteiger partial charge in [-0.2, -0.15) is 0 Å². The Morgan fingerprint density at radius 3 is 2.63 bits per heavy atom. The molecular weight excluding hydrogens is 454 g/mol. The maximum Gasteiger partial charge on any atom is 0.358 e. The number of aromatic carboxylic acids is 1. The molecule has 5 rings (SSSR count). The van der Waals surface area contributed by atoms with E-state index in [1.807, 2.05) is 17.0 Å². The van der Waals surface area contributed by atoms with Gasteiger partial charge in [-0.15, -0.1) is 5.10 Å². The number of carboxylic acid groups (broad SMARTS) is 1. The monoisotopic (exact) mass is 475 g/mol. The zero-order valence-corrected chi connectivity index (χ0v) is 18.5. The summed E-state index contributed by atoms with van der Waals surface area (Å²) in [6, 6.07) is 11.8. The molecule has 0 radical (unpaired) electrons. The molecule has 0 aliphatic carbocycles. The Balaban J connectivity index is 1.25. The third kappa shape index (κ3) is 4.66. The quantitative estimate of drug-likeness (QED) is 0.307. The van der Waals surface area contributed by atoms with Crippen LogP contribution in [0.3, 0.4) is 0 Å². The Morgan fingerprint density at radius 1 is 1.11 bits per heavy atom. The van der Waals surface area contributed by atoms with Gasteiger partial charge in [0.25, 0.3) is 0 Å². The molecule has 1 fully saturated rings. The highest BCUT2D eigenvalue weighted by Crippen LogP contribution is 2.33. The Labute approximate surface area is 199 Å². The summed E-state index contributed by atoms with van der Waals surface area (Å²) in [4.78, 5) is 49.5. The van der Waals surface area contributed by atoms with E-state index in [1.165, 1.54) is 10.9 Å². The zero-order valence-electron chi connectivity index (χ0n) is 18.5. The van der Waals surface area contributed by atoms with E-state index in [0.29, 0.717) is 43.8 Å². The van der Waals surface area contributed by atoms with Crippen molar-refractivity contribution >= 4 is 23.8 Å². The van der Waals surface area contributed by atoms with Crippen molar-refractivity contribution < 1.29 is 29.0 Å². The first kappa shape index (κ1) is 22.4. The fourth-order valence-corrected chi connectivity index (χ4v) is 4.33. The number of nitrogens with zero attached hydrogens (tertiary/aromatic N) is 4. The highest BCUT2D eigenvalue weighted by Gasteiger charge is 2.35. The van der Waals surface area contributed by atoms with Gasteiger partial charge in [0.2, 0.25) is 11.8 Å². The van der Waals surface area contributed by atoms with Gasteiger partial charge in [0, 0.05) is 25.1 Å². The summed E-state index contributed by atoms with van der Waals surface area (Å²) in [5.41, 5.74) is 2.85. The van der Waals surface area contributed by atoms with Gasteiger partial charge in [-0.3, -0.25) is 19.8 Å². The minimum absolute atomic E-state index is 0.142. The van der Waals surface area contributed by atoms with E-state index in [0.717, 1.165) is 16.7 Å². The second kappa shape index (κ2) is 9.11. The third-order valence-corrected chi connectivity index (χ3v) is 6.11. The summed E-state index contributed by atoms with van der Waals surface area (Å²) in [6.45, 7) is 1.28. The smallest absolute Gasteiger partial charge is 0.358 e. The number of benzene rings is 2. The van der Waals surface area contributed by atoms with Crippen LogP contribution in [0.2, 0.25) is 0 Å². The lowest BCUT2D eigenvalue weighted by Crippen LogP contribution is -2.50. The average Bonchev–Trinajstić information content (AvgIpc) is 3.47. The Kier molecular flexibility index (Phi) is 5.83. The summed E-state index contributed by atoms with van der Waals surface area (Å²) < 4.78 is 7.10. The first-order valence-electron chi connectivity index (χ1n) is 11.0. The maximum atomic E-state index is 12.8. The SMILES string of the molecule is O=C1CCC(N2Cc3cccc(OC(=O)c4ccc(Cn5cc(C(=O)O)nn5)cc4)c3C2)C(=O)N1. The van der Waals surface area contributed by atoms with E-state index in [9.17, 15) is 19.2 Å². The minimum Gasteiger partial charge on any atom is -0.476 e. The Hall–Kier alpha value is -4.38. The van der Waals surface area contributed by atoms with Crippen LogP contribution in [0.5, 0.6) is 5.75 Å². The second-order valence-electron chi connectivity index (χ2n) is 8.46. The van der Waals surface area contributed by atoms with Crippen LogP contribution in [-0.4, -0.2) is 54.8 Å². The number of nitrogens with one attached hydrogen (secondary N) is 1. The van der Waals surface area contributed by atoms with Crippen LogP contribution in [0.25, 0.3) is 0 Å². The molecule has 35 heavy (non-hydrogen) atoms. The normalized spacial score (nSPS) is 17.7. The number of amides is 2. The molecule has 2 aromatic carbocycles. The third-order valence-electron chi connectivity index (χ3n) is 6.11. The van der Waals surface area contributed by atoms with Crippen molar-refractivity contribution in [1.82, 2.24) is 25.2 Å². The Bertz CT molecular complexity index is 1330. The fourth-order valence-electron chi connectivity index (χ4n) is 4.33. The number of fused-ring (bicyclic) bond motifs is 1. The van der Waals surface area contributed by atoms with Gasteiger partial charge in [0.15, 0.2) is 5.69 Å². The molecule has 0 saturated carbocycles. The molecule has 2 amide bonds. The van der Waals surface area contributed by atoms with Crippen LogP contribution in [0.4, 0.5) is 0 Å². The molecule has 1 atom stereocenters. The van der Waals surface area contributed by atoms with Crippen molar-refractivity contribution in [1.29, 1.82) is 0 Å². The molecule has 3 heterocycles. The molecule has 0 bridgehead atoms. The molecule has 2 aliphatic rings. The largest absolute Gasteiger partial charge is 0.476 e. The number of hydrogen-bond donors (Lipinski definition) is 2. The van der Waals surface area contributed by atoms with Crippen molar-refractivity contribution in [2.75, 3.05) is 0 Å². The number of piperidine rings is 1. The molecule has 11 heteroatoms. The summed E-state index contributed by atoms with van der Waals surface area (Å²) in [6.07, 6.45) is 2.10. The lowest BCUT2D eigenvalue weighted by molar-refractivity contribution is -0.137. The van der Waals surface area contributed by atoms with Gasteiger partial charge in [-0.25, -0.2) is 14.3 Å². The van der Waals surface area contributed by atoms with E-state index in [-0.39, 0.29) is 17.5 Å². The highest BCUT2D eigenvalue weighted by molar-refractivity contribution is 6.00. The first-order chi connectivity index (χ1) is 16.9. The van der Waals surface area contributed by atoms with E-state index < -0.39 is 18.0 Å². The lowest BCUT2D eigenvalue weighted by Gasteiger charge is -2.29. The number of carbonyl (C=O) groups excluding carboxylic acids is 3. The number of rotatable bonds is 6. The summed E-state index contributed by atoms with van der Waals surface area (Å²) in [5.74, 6) is -1.77. The predicted octanol–water partition coefficient (Wildman–Crippen LogP) is 1.36. The van der Waals surface area contributed by atoms with Crippen LogP contribution in [-0.2, 0) is 29.2 Å². The van der Waals surface area contributed by atoms with Gasteiger partial charge >= 0.3 is 11.9 Å². The number of carboxylic acids is 1. The number of carbonyl (C=O) groups is 4. The van der Waals surface area contributed by atoms with Crippen LogP contribution in [0.1, 0.15) is 50.4 Å². The molecule has 0 spiro atoms. The molecule has 3 aromatic rings. The lowest BCUT2D eigenvalue weighted by atomic mass is 10.0. The van der Waals surface area contributed by atoms with Gasteiger partial charge in [-0.05, 0) is 35.7 Å². The Morgan fingerprint density at radius 2 is 1.91 bits per heavy atom. The molecule has 178 valence electrons.